The van der Waals surface area contributed by atoms with Gasteiger partial charge in [0.15, 0.2) is 0 Å². The van der Waals surface area contributed by atoms with E-state index in [0.29, 0.717) is 6.54 Å². The first kappa shape index (κ1) is 15.3. The highest BCUT2D eigenvalue weighted by Crippen LogP contribution is 2.38. The first-order chi connectivity index (χ1) is 11.1. The van der Waals surface area contributed by atoms with E-state index in [1.54, 1.807) is 23.9 Å². The van der Waals surface area contributed by atoms with Crippen molar-refractivity contribution in [3.63, 3.8) is 0 Å². The molecule has 1 atom stereocenters. The number of likely N-dealkylation sites (N-methyl/N-ethyl adjacent to an activating group) is 1. The van der Waals surface area contributed by atoms with Crippen molar-refractivity contribution in [2.24, 2.45) is 0 Å². The average Bonchev–Trinajstić information content (AvgIpc) is 2.81. The molecule has 0 saturated carbocycles. The van der Waals surface area contributed by atoms with E-state index in [4.69, 9.17) is 0 Å². The minimum Gasteiger partial charge on any atom is -0.341 e. The molecular formula is C19H20N2O2. The molecule has 0 aromatic heterocycles. The number of hydrogen-bond donors (Lipinski definition) is 0. The topological polar surface area (TPSA) is 40.6 Å². The number of fused-ring (bicyclic) bond motifs is 1. The molecule has 2 aromatic rings. The maximum atomic E-state index is 12.5. The maximum absolute atomic E-state index is 12.5. The highest BCUT2D eigenvalue weighted by atomic mass is 16.2. The summed E-state index contributed by atoms with van der Waals surface area (Å²) in [4.78, 5) is 28.3. The minimum absolute atomic E-state index is 0.00680. The molecule has 1 aliphatic rings. The Bertz CT molecular complexity index is 727. The summed E-state index contributed by atoms with van der Waals surface area (Å²) in [6, 6.07) is 17.5. The minimum atomic E-state index is -0.373. The zero-order chi connectivity index (χ0) is 16.4. The molecule has 0 spiro atoms. The van der Waals surface area contributed by atoms with Crippen LogP contribution in [0.1, 0.15) is 23.5 Å². The number of rotatable bonds is 4. The van der Waals surface area contributed by atoms with Gasteiger partial charge in [-0.05, 0) is 17.2 Å². The lowest BCUT2D eigenvalue weighted by atomic mass is 9.96. The number of amides is 2. The summed E-state index contributed by atoms with van der Waals surface area (Å²) >= 11 is 0. The Hall–Kier alpha value is -2.62. The van der Waals surface area contributed by atoms with Crippen molar-refractivity contribution in [1.29, 1.82) is 0 Å². The van der Waals surface area contributed by atoms with Gasteiger partial charge in [0.25, 0.3) is 0 Å². The molecule has 23 heavy (non-hydrogen) atoms. The fourth-order valence-corrected chi connectivity index (χ4v) is 3.05. The van der Waals surface area contributed by atoms with Gasteiger partial charge in [0.1, 0.15) is 0 Å². The van der Waals surface area contributed by atoms with E-state index in [0.717, 1.165) is 16.8 Å². The molecule has 0 N–H and O–H groups in total. The van der Waals surface area contributed by atoms with Gasteiger partial charge in [-0.1, -0.05) is 48.5 Å². The largest absolute Gasteiger partial charge is 0.341 e. The molecule has 0 aliphatic carbocycles. The van der Waals surface area contributed by atoms with E-state index in [2.05, 4.69) is 0 Å². The normalized spacial score (nSPS) is 16.3. The Morgan fingerprint density at radius 2 is 1.74 bits per heavy atom. The predicted molar refractivity (Wildman–Crippen MR) is 90.1 cm³/mol. The van der Waals surface area contributed by atoms with Crippen molar-refractivity contribution in [3.05, 3.63) is 65.7 Å². The van der Waals surface area contributed by atoms with Crippen LogP contribution in [0.5, 0.6) is 0 Å². The van der Waals surface area contributed by atoms with Gasteiger partial charge in [-0.3, -0.25) is 9.59 Å². The van der Waals surface area contributed by atoms with Crippen LogP contribution in [0.3, 0.4) is 0 Å². The Morgan fingerprint density at radius 1 is 1.09 bits per heavy atom. The average molecular weight is 308 g/mol. The van der Waals surface area contributed by atoms with E-state index in [9.17, 15) is 9.59 Å². The smallest absolute Gasteiger partial charge is 0.234 e. The van der Waals surface area contributed by atoms with Crippen LogP contribution in [0.25, 0.3) is 0 Å². The number of hydrogen-bond acceptors (Lipinski definition) is 2. The van der Waals surface area contributed by atoms with Crippen molar-refractivity contribution in [1.82, 2.24) is 4.90 Å². The lowest BCUT2D eigenvalue weighted by Crippen LogP contribution is -2.31. The summed E-state index contributed by atoms with van der Waals surface area (Å²) in [5.74, 6) is -0.396. The number of para-hydroxylation sites is 1. The third kappa shape index (κ3) is 2.97. The van der Waals surface area contributed by atoms with Crippen LogP contribution in [0.2, 0.25) is 0 Å². The fraction of sp³-hybridized carbons (Fsp3) is 0.263. The van der Waals surface area contributed by atoms with Gasteiger partial charge in [0.2, 0.25) is 11.8 Å². The Labute approximate surface area is 136 Å². The monoisotopic (exact) mass is 308 g/mol. The van der Waals surface area contributed by atoms with E-state index in [1.807, 2.05) is 54.6 Å². The third-order valence-corrected chi connectivity index (χ3v) is 4.37. The molecule has 1 heterocycles. The van der Waals surface area contributed by atoms with Gasteiger partial charge in [-0.15, -0.1) is 0 Å². The van der Waals surface area contributed by atoms with Crippen molar-refractivity contribution < 1.29 is 9.59 Å². The van der Waals surface area contributed by atoms with Crippen LogP contribution in [-0.4, -0.2) is 30.8 Å². The molecule has 4 nitrogen and oxygen atoms in total. The third-order valence-electron chi connectivity index (χ3n) is 4.37. The zero-order valence-electron chi connectivity index (χ0n) is 13.4. The second kappa shape index (κ2) is 6.24. The van der Waals surface area contributed by atoms with Crippen LogP contribution in [-0.2, 0) is 16.1 Å². The van der Waals surface area contributed by atoms with Crippen molar-refractivity contribution >= 4 is 17.5 Å². The number of nitrogens with zero attached hydrogens (tertiary/aromatic N) is 2. The fourth-order valence-electron chi connectivity index (χ4n) is 3.05. The lowest BCUT2D eigenvalue weighted by molar-refractivity contribution is -0.133. The number of carbonyl (C=O) groups is 2. The summed E-state index contributed by atoms with van der Waals surface area (Å²) in [5.41, 5.74) is 2.93. The molecule has 1 aliphatic heterocycles. The molecule has 0 saturated heterocycles. The second-order valence-corrected chi connectivity index (χ2v) is 5.95. The first-order valence-electron chi connectivity index (χ1n) is 7.72. The molecule has 2 aromatic carbocycles. The van der Waals surface area contributed by atoms with Crippen molar-refractivity contribution in [2.75, 3.05) is 19.0 Å². The van der Waals surface area contributed by atoms with E-state index in [-0.39, 0.29) is 24.2 Å². The Morgan fingerprint density at radius 3 is 2.48 bits per heavy atom. The molecule has 4 heteroatoms. The van der Waals surface area contributed by atoms with Crippen LogP contribution in [0.4, 0.5) is 5.69 Å². The van der Waals surface area contributed by atoms with Gasteiger partial charge >= 0.3 is 0 Å². The summed E-state index contributed by atoms with van der Waals surface area (Å²) in [6.07, 6.45) is 0.212. The second-order valence-electron chi connectivity index (χ2n) is 5.95. The molecule has 1 unspecified atom stereocenters. The van der Waals surface area contributed by atoms with Crippen LogP contribution >= 0.6 is 0 Å². The highest BCUT2D eigenvalue weighted by molar-refractivity contribution is 6.06. The maximum Gasteiger partial charge on any atom is 0.234 e. The van der Waals surface area contributed by atoms with Crippen molar-refractivity contribution in [3.8, 4) is 0 Å². The van der Waals surface area contributed by atoms with Crippen LogP contribution < -0.4 is 4.90 Å². The van der Waals surface area contributed by atoms with Gasteiger partial charge in [0, 0.05) is 32.7 Å². The van der Waals surface area contributed by atoms with Gasteiger partial charge in [-0.25, -0.2) is 0 Å². The van der Waals surface area contributed by atoms with Crippen molar-refractivity contribution in [2.45, 2.75) is 18.9 Å². The summed E-state index contributed by atoms with van der Waals surface area (Å²) < 4.78 is 0. The van der Waals surface area contributed by atoms with Crippen LogP contribution in [0, 0.1) is 0 Å². The molecule has 0 radical (unpaired) electrons. The lowest BCUT2D eigenvalue weighted by Gasteiger charge is -2.19. The zero-order valence-corrected chi connectivity index (χ0v) is 13.4. The quantitative estimate of drug-likeness (QED) is 0.871. The summed E-state index contributed by atoms with van der Waals surface area (Å²) in [7, 11) is 3.55. The summed E-state index contributed by atoms with van der Waals surface area (Å²) in [6.45, 7) is 0.554. The molecule has 2 amide bonds. The van der Waals surface area contributed by atoms with Gasteiger partial charge < -0.3 is 9.80 Å². The highest BCUT2D eigenvalue weighted by Gasteiger charge is 2.36. The molecule has 3 rings (SSSR count). The number of anilines is 1. The predicted octanol–water partition coefficient (Wildman–Crippen LogP) is 2.80. The Balaban J connectivity index is 1.72. The molecular weight excluding hydrogens is 288 g/mol. The molecule has 0 bridgehead atoms. The van der Waals surface area contributed by atoms with Gasteiger partial charge in [-0.2, -0.15) is 0 Å². The van der Waals surface area contributed by atoms with Gasteiger partial charge in [0.05, 0.1) is 5.92 Å². The SMILES string of the molecule is CN(Cc1ccccc1)C(=O)CC1C(=O)N(C)c2ccccc21. The van der Waals surface area contributed by atoms with E-state index >= 15 is 0 Å². The molecule has 0 fully saturated rings. The van der Waals surface area contributed by atoms with Crippen LogP contribution in [0.15, 0.2) is 54.6 Å². The first-order valence-corrected chi connectivity index (χ1v) is 7.72. The van der Waals surface area contributed by atoms with E-state index < -0.39 is 0 Å². The number of carbonyl (C=O) groups excluding carboxylic acids is 2. The summed E-state index contributed by atoms with van der Waals surface area (Å²) in [5, 5.41) is 0. The number of benzene rings is 2. The molecule has 118 valence electrons. The standard InChI is InChI=1S/C19H20N2O2/c1-20(13-14-8-4-3-5-9-14)18(22)12-16-15-10-6-7-11-17(15)21(2)19(16)23/h3-11,16H,12-13H2,1-2H3. The Kier molecular flexibility index (Phi) is 4.15. The van der Waals surface area contributed by atoms with E-state index in [1.165, 1.54) is 0 Å².